The smallest absolute Gasteiger partial charge is 0.306 e. The fourth-order valence-corrected chi connectivity index (χ4v) is 7.03. The van der Waals surface area contributed by atoms with Gasteiger partial charge in [-0.1, -0.05) is 44.2 Å². The number of fused-ring (bicyclic) bond motifs is 1. The molecule has 11 heteroatoms. The summed E-state index contributed by atoms with van der Waals surface area (Å²) in [5.41, 5.74) is 0.925. The van der Waals surface area contributed by atoms with Gasteiger partial charge in [-0.3, -0.25) is 4.79 Å². The van der Waals surface area contributed by atoms with E-state index in [0.29, 0.717) is 24.5 Å². The summed E-state index contributed by atoms with van der Waals surface area (Å²) in [5, 5.41) is 11.5. The van der Waals surface area contributed by atoms with Crippen molar-refractivity contribution in [2.45, 2.75) is 56.5 Å². The molecule has 0 bridgehead atoms. The van der Waals surface area contributed by atoms with Crippen LogP contribution in [-0.4, -0.2) is 82.8 Å². The molecule has 2 saturated heterocycles. The highest BCUT2D eigenvalue weighted by Gasteiger charge is 2.44. The first-order chi connectivity index (χ1) is 19.6. The highest BCUT2D eigenvalue weighted by molar-refractivity contribution is 7.89. The molecule has 2 unspecified atom stereocenters. The topological polar surface area (TPSA) is 121 Å². The van der Waals surface area contributed by atoms with Crippen LogP contribution < -0.4 is 9.47 Å². The quantitative estimate of drug-likeness (QED) is 0.330. The summed E-state index contributed by atoms with van der Waals surface area (Å²) < 4.78 is 56.5. The summed E-state index contributed by atoms with van der Waals surface area (Å²) in [4.78, 5) is 13.1. The molecule has 0 amide bonds. The molecule has 0 aromatic heterocycles. The lowest BCUT2D eigenvalue weighted by Crippen LogP contribution is -2.43. The molecule has 2 aromatic carbocycles. The summed E-state index contributed by atoms with van der Waals surface area (Å²) in [5.74, 6) is -0.393. The van der Waals surface area contributed by atoms with E-state index in [9.17, 15) is 18.3 Å². The van der Waals surface area contributed by atoms with Crippen molar-refractivity contribution >= 4 is 16.0 Å². The van der Waals surface area contributed by atoms with E-state index in [0.717, 1.165) is 12.0 Å². The molecule has 2 fully saturated rings. The predicted octanol–water partition coefficient (Wildman–Crippen LogP) is 3.27. The highest BCUT2D eigenvalue weighted by atomic mass is 32.2. The zero-order valence-corrected chi connectivity index (χ0v) is 24.9. The summed E-state index contributed by atoms with van der Waals surface area (Å²) in [6.07, 6.45) is -0.834. The van der Waals surface area contributed by atoms with Crippen molar-refractivity contribution in [1.82, 2.24) is 4.31 Å². The number of nitrogens with zero attached hydrogens (tertiary/aromatic N) is 1. The van der Waals surface area contributed by atoms with Crippen LogP contribution in [0.3, 0.4) is 0 Å². The van der Waals surface area contributed by atoms with Crippen molar-refractivity contribution in [3.63, 3.8) is 0 Å². The summed E-state index contributed by atoms with van der Waals surface area (Å²) in [7, 11) is -1.15. The van der Waals surface area contributed by atoms with E-state index >= 15 is 0 Å². The number of esters is 1. The van der Waals surface area contributed by atoms with Crippen LogP contribution in [0.1, 0.15) is 32.3 Å². The zero-order chi connectivity index (χ0) is 29.6. The third kappa shape index (κ3) is 7.98. The highest BCUT2D eigenvalue weighted by Crippen LogP contribution is 2.34. The number of ether oxygens (including phenoxy) is 5. The Morgan fingerprint density at radius 2 is 1.73 bits per heavy atom. The van der Waals surface area contributed by atoms with E-state index in [1.54, 1.807) is 6.07 Å². The Balaban J connectivity index is 1.55. The maximum atomic E-state index is 13.9. The SMILES string of the molecule is COc1cc(OC)cc(S(=O)(=O)N(CC(C)C)C[C@@H](O)[C@@H](CC(=O)OC2CO[C@H]3OCCC23)Cc2ccccc2)c1. The molecule has 1 N–H and O–H groups in total. The fraction of sp³-hybridized carbons (Fsp3) is 0.567. The van der Waals surface area contributed by atoms with Crippen molar-refractivity contribution in [2.75, 3.05) is 40.5 Å². The van der Waals surface area contributed by atoms with Crippen molar-refractivity contribution in [1.29, 1.82) is 0 Å². The summed E-state index contributed by atoms with van der Waals surface area (Å²) >= 11 is 0. The molecule has 226 valence electrons. The van der Waals surface area contributed by atoms with Gasteiger partial charge in [-0.25, -0.2) is 8.42 Å². The van der Waals surface area contributed by atoms with Gasteiger partial charge in [0.2, 0.25) is 10.0 Å². The standard InChI is InChI=1S/C30H41NO9S/c1-20(2)17-31(41(34,35)25-15-23(36-3)14-24(16-25)37-4)18-27(32)22(12-21-8-6-5-7-9-21)13-29(33)40-28-19-39-30-26(28)10-11-38-30/h5-9,14-16,20,22,26-28,30,32H,10-13,17-19H2,1-4H3/t22-,26?,27-,28?,30-/m1/s1. The Morgan fingerprint density at radius 1 is 1.05 bits per heavy atom. The Morgan fingerprint density at radius 3 is 2.37 bits per heavy atom. The van der Waals surface area contributed by atoms with Gasteiger partial charge in [0.05, 0.1) is 50.8 Å². The third-order valence-corrected chi connectivity index (χ3v) is 9.31. The van der Waals surface area contributed by atoms with Crippen LogP contribution in [0.2, 0.25) is 0 Å². The number of aliphatic hydroxyl groups excluding tert-OH is 1. The van der Waals surface area contributed by atoms with Gasteiger partial charge in [0.25, 0.3) is 0 Å². The number of aliphatic hydroxyl groups is 1. The Bertz CT molecular complexity index is 1230. The van der Waals surface area contributed by atoms with Gasteiger partial charge in [0.1, 0.15) is 17.6 Å². The van der Waals surface area contributed by atoms with Crippen LogP contribution in [0.15, 0.2) is 53.4 Å². The molecule has 41 heavy (non-hydrogen) atoms. The van der Waals surface area contributed by atoms with Crippen molar-refractivity contribution in [2.24, 2.45) is 17.8 Å². The number of methoxy groups -OCH3 is 2. The van der Waals surface area contributed by atoms with Crippen molar-refractivity contribution < 1.29 is 42.0 Å². The number of hydrogen-bond acceptors (Lipinski definition) is 9. The lowest BCUT2D eigenvalue weighted by atomic mass is 9.90. The molecule has 2 aliphatic rings. The van der Waals surface area contributed by atoms with Gasteiger partial charge in [-0.05, 0) is 24.3 Å². The second kappa shape index (κ2) is 14.0. The molecule has 10 nitrogen and oxygen atoms in total. The van der Waals surface area contributed by atoms with Gasteiger partial charge in [-0.2, -0.15) is 4.31 Å². The van der Waals surface area contributed by atoms with Crippen LogP contribution in [0.25, 0.3) is 0 Å². The van der Waals surface area contributed by atoms with E-state index in [1.807, 2.05) is 44.2 Å². The van der Waals surface area contributed by atoms with E-state index in [2.05, 4.69) is 0 Å². The number of carbonyl (C=O) groups excluding carboxylic acids is 1. The van der Waals surface area contributed by atoms with Crippen molar-refractivity contribution in [3.05, 3.63) is 54.1 Å². The lowest BCUT2D eigenvalue weighted by Gasteiger charge is -2.30. The normalized spacial score (nSPS) is 22.0. The van der Waals surface area contributed by atoms with Gasteiger partial charge in [0, 0.05) is 37.2 Å². The molecular weight excluding hydrogens is 550 g/mol. The number of hydrogen-bond donors (Lipinski definition) is 1. The van der Waals surface area contributed by atoms with Crippen molar-refractivity contribution in [3.8, 4) is 11.5 Å². The van der Waals surface area contributed by atoms with E-state index in [4.69, 9.17) is 23.7 Å². The first kappa shape index (κ1) is 31.2. The molecule has 0 spiro atoms. The van der Waals surface area contributed by atoms with Crippen LogP contribution in [0.4, 0.5) is 0 Å². The summed E-state index contributed by atoms with van der Waals surface area (Å²) in [6.45, 7) is 4.63. The number of sulfonamides is 1. The molecule has 2 heterocycles. The van der Waals surface area contributed by atoms with Gasteiger partial charge in [0.15, 0.2) is 6.29 Å². The maximum absolute atomic E-state index is 13.9. The van der Waals surface area contributed by atoms with Gasteiger partial charge in [-0.15, -0.1) is 0 Å². The van der Waals surface area contributed by atoms with E-state index in [1.165, 1.54) is 30.7 Å². The average molecular weight is 592 g/mol. The molecule has 0 saturated carbocycles. The molecule has 2 aromatic rings. The number of carbonyl (C=O) groups is 1. The molecule has 2 aliphatic heterocycles. The predicted molar refractivity (Wildman–Crippen MR) is 151 cm³/mol. The van der Waals surface area contributed by atoms with Gasteiger partial charge < -0.3 is 28.8 Å². The Labute approximate surface area is 242 Å². The minimum absolute atomic E-state index is 0.00276. The largest absolute Gasteiger partial charge is 0.497 e. The van der Waals surface area contributed by atoms with Crippen LogP contribution in [0.5, 0.6) is 11.5 Å². The van der Waals surface area contributed by atoms with Crippen LogP contribution >= 0.6 is 0 Å². The molecule has 4 rings (SSSR count). The first-order valence-electron chi connectivity index (χ1n) is 14.0. The molecule has 0 radical (unpaired) electrons. The monoisotopic (exact) mass is 591 g/mol. The Hall–Kier alpha value is -2.70. The lowest BCUT2D eigenvalue weighted by molar-refractivity contribution is -0.153. The van der Waals surface area contributed by atoms with E-state index < -0.39 is 34.1 Å². The van der Waals surface area contributed by atoms with Crippen LogP contribution in [-0.2, 0) is 35.4 Å². The second-order valence-electron chi connectivity index (χ2n) is 11.0. The zero-order valence-electron chi connectivity index (χ0n) is 24.1. The fourth-order valence-electron chi connectivity index (χ4n) is 5.35. The minimum atomic E-state index is -4.05. The van der Waals surface area contributed by atoms with E-state index in [-0.39, 0.29) is 49.1 Å². The molecule has 5 atom stereocenters. The number of rotatable bonds is 14. The molecule has 0 aliphatic carbocycles. The number of benzene rings is 2. The second-order valence-corrected chi connectivity index (χ2v) is 13.0. The third-order valence-electron chi connectivity index (χ3n) is 7.50. The first-order valence-corrected chi connectivity index (χ1v) is 15.4. The average Bonchev–Trinajstić information content (AvgIpc) is 3.57. The minimum Gasteiger partial charge on any atom is -0.497 e. The summed E-state index contributed by atoms with van der Waals surface area (Å²) in [6, 6.07) is 14.0. The molecular formula is C30H41NO9S. The Kier molecular flexibility index (Phi) is 10.6. The van der Waals surface area contributed by atoms with Gasteiger partial charge >= 0.3 is 5.97 Å². The maximum Gasteiger partial charge on any atom is 0.306 e. The van der Waals surface area contributed by atoms with Crippen LogP contribution in [0, 0.1) is 17.8 Å².